The highest BCUT2D eigenvalue weighted by Crippen LogP contribution is 2.32. The Morgan fingerprint density at radius 2 is 1.86 bits per heavy atom. The molecule has 1 atom stereocenters. The van der Waals surface area contributed by atoms with Crippen molar-refractivity contribution >= 4 is 33.2 Å². The highest BCUT2D eigenvalue weighted by atomic mass is 35.5. The molecule has 3 aromatic rings. The van der Waals surface area contributed by atoms with Gasteiger partial charge >= 0.3 is 0 Å². The molecule has 1 aromatic heterocycles. The number of amides is 1. The molecule has 0 radical (unpaired) electrons. The van der Waals surface area contributed by atoms with Gasteiger partial charge in [-0.15, -0.1) is 0 Å². The number of rotatable bonds is 5. The van der Waals surface area contributed by atoms with Crippen LogP contribution in [0.4, 0.5) is 10.1 Å². The molecular weight excluding hydrogens is 521 g/mol. The van der Waals surface area contributed by atoms with Crippen LogP contribution in [0, 0.1) is 18.7 Å². The van der Waals surface area contributed by atoms with E-state index in [2.05, 4.69) is 10.1 Å². The monoisotopic (exact) mass is 547 g/mol. The molecule has 3 heterocycles. The number of sulfonamides is 1. The molecule has 12 heteroatoms. The van der Waals surface area contributed by atoms with Crippen molar-refractivity contribution in [2.75, 3.05) is 44.2 Å². The van der Waals surface area contributed by atoms with Gasteiger partial charge < -0.3 is 14.3 Å². The molecule has 1 amide bonds. The van der Waals surface area contributed by atoms with Gasteiger partial charge in [-0.25, -0.2) is 12.8 Å². The summed E-state index contributed by atoms with van der Waals surface area (Å²) in [4.78, 5) is 21.1. The predicted octanol–water partition coefficient (Wildman–Crippen LogP) is 3.59. The second kappa shape index (κ2) is 10.4. The molecule has 0 N–H and O–H groups in total. The van der Waals surface area contributed by atoms with Crippen LogP contribution in [0.25, 0.3) is 11.4 Å². The fourth-order valence-electron chi connectivity index (χ4n) is 4.89. The number of aromatic nitrogens is 2. The summed E-state index contributed by atoms with van der Waals surface area (Å²) in [7, 11) is -3.97. The second-order valence-corrected chi connectivity index (χ2v) is 11.6. The molecule has 2 aliphatic rings. The maximum atomic E-state index is 14.2. The Hall–Kier alpha value is -3.02. The Morgan fingerprint density at radius 3 is 2.57 bits per heavy atom. The number of aryl methyl sites for hydroxylation is 1. The number of benzene rings is 2. The fraction of sp³-hybridized carbons (Fsp3) is 0.400. The molecule has 2 fully saturated rings. The number of para-hydroxylation sites is 1. The lowest BCUT2D eigenvalue weighted by molar-refractivity contribution is -0.137. The molecule has 2 aromatic carbocycles. The molecule has 37 heavy (non-hydrogen) atoms. The molecule has 0 aliphatic carbocycles. The first-order valence-corrected chi connectivity index (χ1v) is 13.9. The zero-order chi connectivity index (χ0) is 26.2. The van der Waals surface area contributed by atoms with Gasteiger partial charge in [0.2, 0.25) is 27.6 Å². The normalized spacial score (nSPS) is 19.3. The summed E-state index contributed by atoms with van der Waals surface area (Å²) in [6.45, 7) is 3.96. The quantitative estimate of drug-likeness (QED) is 0.481. The van der Waals surface area contributed by atoms with Crippen LogP contribution in [0.15, 0.2) is 51.9 Å². The molecule has 196 valence electrons. The Balaban J connectivity index is 1.28. The van der Waals surface area contributed by atoms with E-state index in [4.69, 9.17) is 16.1 Å². The topological polar surface area (TPSA) is 99.8 Å². The first-order valence-electron chi connectivity index (χ1n) is 12.1. The van der Waals surface area contributed by atoms with Crippen molar-refractivity contribution in [2.45, 2.75) is 24.7 Å². The minimum absolute atomic E-state index is 0.0549. The number of carbonyl (C=O) groups is 1. The van der Waals surface area contributed by atoms with Crippen LogP contribution in [0.2, 0.25) is 5.02 Å². The van der Waals surface area contributed by atoms with Crippen molar-refractivity contribution < 1.29 is 22.1 Å². The van der Waals surface area contributed by atoms with Gasteiger partial charge in [0.25, 0.3) is 0 Å². The van der Waals surface area contributed by atoms with E-state index in [1.54, 1.807) is 36.1 Å². The number of halogens is 2. The van der Waals surface area contributed by atoms with E-state index in [0.29, 0.717) is 62.7 Å². The third kappa shape index (κ3) is 5.21. The van der Waals surface area contributed by atoms with Gasteiger partial charge in [0.15, 0.2) is 0 Å². The highest BCUT2D eigenvalue weighted by molar-refractivity contribution is 7.89. The molecule has 5 rings (SSSR count). The summed E-state index contributed by atoms with van der Waals surface area (Å²) in [6, 6.07) is 11.2. The number of carbonyl (C=O) groups excluding carboxylic acids is 1. The van der Waals surface area contributed by atoms with Crippen molar-refractivity contribution in [3.63, 3.8) is 0 Å². The lowest BCUT2D eigenvalue weighted by Gasteiger charge is -2.39. The van der Waals surface area contributed by atoms with Gasteiger partial charge in [0, 0.05) is 51.8 Å². The number of hydrogen-bond donors (Lipinski definition) is 0. The first-order chi connectivity index (χ1) is 17.7. The van der Waals surface area contributed by atoms with Crippen molar-refractivity contribution in [3.05, 3.63) is 59.2 Å². The summed E-state index contributed by atoms with van der Waals surface area (Å²) >= 11 is 6.31. The maximum absolute atomic E-state index is 14.2. The lowest BCUT2D eigenvalue weighted by atomic mass is 9.97. The van der Waals surface area contributed by atoms with Crippen LogP contribution in [0.3, 0.4) is 0 Å². The van der Waals surface area contributed by atoms with Crippen LogP contribution >= 0.6 is 11.6 Å². The standard InChI is InChI=1S/C25H27ClFN5O4S/c1-17-28-24(29-36-17)18-8-9-20(26)23(15-18)37(34,35)32-10-4-5-19(16-32)25(33)31-13-11-30(12-14-31)22-7-3-2-6-21(22)27/h2-3,6-9,15,19H,4-5,10-14,16H2,1H3/t19-/m0/s1. The van der Waals surface area contributed by atoms with Crippen LogP contribution < -0.4 is 4.90 Å². The van der Waals surface area contributed by atoms with Crippen molar-refractivity contribution in [3.8, 4) is 11.4 Å². The molecule has 0 bridgehead atoms. The molecule has 0 saturated carbocycles. The van der Waals surface area contributed by atoms with Gasteiger partial charge in [-0.3, -0.25) is 4.79 Å². The molecule has 0 unspecified atom stereocenters. The van der Waals surface area contributed by atoms with Crippen LogP contribution in [0.5, 0.6) is 0 Å². The fourth-order valence-corrected chi connectivity index (χ4v) is 6.92. The van der Waals surface area contributed by atoms with Gasteiger partial charge in [-0.1, -0.05) is 28.9 Å². The van der Waals surface area contributed by atoms with E-state index in [1.165, 1.54) is 22.5 Å². The smallest absolute Gasteiger partial charge is 0.244 e. The zero-order valence-electron chi connectivity index (χ0n) is 20.3. The van der Waals surface area contributed by atoms with Gasteiger partial charge in [0.05, 0.1) is 16.6 Å². The van der Waals surface area contributed by atoms with E-state index in [9.17, 15) is 17.6 Å². The van der Waals surface area contributed by atoms with E-state index in [0.717, 1.165) is 0 Å². The molecular formula is C25H27ClFN5O4S. The van der Waals surface area contributed by atoms with Gasteiger partial charge in [-0.2, -0.15) is 9.29 Å². The lowest BCUT2D eigenvalue weighted by Crippen LogP contribution is -2.53. The first kappa shape index (κ1) is 25.6. The summed E-state index contributed by atoms with van der Waals surface area (Å²) in [6.07, 6.45) is 1.17. The molecule has 0 spiro atoms. The largest absolute Gasteiger partial charge is 0.366 e. The Bertz CT molecular complexity index is 1410. The third-order valence-electron chi connectivity index (χ3n) is 6.85. The molecule has 2 aliphatic heterocycles. The average molecular weight is 548 g/mol. The van der Waals surface area contributed by atoms with Crippen LogP contribution in [0.1, 0.15) is 18.7 Å². The summed E-state index contributed by atoms with van der Waals surface area (Å²) < 4.78 is 47.7. The van der Waals surface area contributed by atoms with Crippen molar-refractivity contribution in [1.29, 1.82) is 0 Å². The third-order valence-corrected chi connectivity index (χ3v) is 9.20. The number of hydrogen-bond acceptors (Lipinski definition) is 7. The van der Waals surface area contributed by atoms with E-state index < -0.39 is 15.9 Å². The van der Waals surface area contributed by atoms with Gasteiger partial charge in [0.1, 0.15) is 10.7 Å². The van der Waals surface area contributed by atoms with E-state index >= 15 is 0 Å². The zero-order valence-corrected chi connectivity index (χ0v) is 21.9. The highest BCUT2D eigenvalue weighted by Gasteiger charge is 2.37. The number of piperazine rings is 1. The van der Waals surface area contributed by atoms with Gasteiger partial charge in [-0.05, 0) is 43.2 Å². The number of anilines is 1. The molecule has 2 saturated heterocycles. The summed E-state index contributed by atoms with van der Waals surface area (Å²) in [5.41, 5.74) is 0.997. The minimum atomic E-state index is -3.97. The van der Waals surface area contributed by atoms with E-state index in [-0.39, 0.29) is 34.0 Å². The van der Waals surface area contributed by atoms with Crippen LogP contribution in [-0.4, -0.2) is 72.9 Å². The van der Waals surface area contributed by atoms with Crippen molar-refractivity contribution in [2.24, 2.45) is 5.92 Å². The summed E-state index contributed by atoms with van der Waals surface area (Å²) in [5, 5.41) is 3.94. The average Bonchev–Trinajstić information content (AvgIpc) is 3.35. The Kier molecular flexibility index (Phi) is 7.19. The predicted molar refractivity (Wildman–Crippen MR) is 136 cm³/mol. The van der Waals surface area contributed by atoms with Crippen molar-refractivity contribution in [1.82, 2.24) is 19.3 Å². The van der Waals surface area contributed by atoms with Crippen LogP contribution in [-0.2, 0) is 14.8 Å². The molecule has 9 nitrogen and oxygen atoms in total. The Morgan fingerprint density at radius 1 is 1.11 bits per heavy atom. The number of piperidine rings is 1. The Labute approximate surface area is 219 Å². The summed E-state index contributed by atoms with van der Waals surface area (Å²) in [5.74, 6) is -0.179. The maximum Gasteiger partial charge on any atom is 0.244 e. The second-order valence-electron chi connectivity index (χ2n) is 9.25. The van der Waals surface area contributed by atoms with E-state index in [1.807, 2.05) is 4.90 Å². The SMILES string of the molecule is Cc1nc(-c2ccc(Cl)c(S(=O)(=O)N3CCC[C@H](C(=O)N4CCN(c5ccccc5F)CC4)C3)c2)no1. The minimum Gasteiger partial charge on any atom is -0.366 e. The number of nitrogens with zero attached hydrogens (tertiary/aromatic N) is 5.